The first-order valence-electron chi connectivity index (χ1n) is 8.05. The molecule has 0 saturated heterocycles. The zero-order chi connectivity index (χ0) is 15.5. The number of nitrogens with one attached hydrogen (secondary N) is 2. The summed E-state index contributed by atoms with van der Waals surface area (Å²) in [5.74, 6) is 0.981. The van der Waals surface area contributed by atoms with E-state index in [-0.39, 0.29) is 5.91 Å². The summed E-state index contributed by atoms with van der Waals surface area (Å²) in [5, 5.41) is 5.61. The molecular weight excluding hydrogens is 280 g/mol. The van der Waals surface area contributed by atoms with Crippen LogP contribution >= 0.6 is 0 Å². The van der Waals surface area contributed by atoms with Gasteiger partial charge < -0.3 is 10.1 Å². The average Bonchev–Trinajstić information content (AvgIpc) is 3.00. The fourth-order valence-electron chi connectivity index (χ4n) is 3.64. The number of hydrogen-bond donors (Lipinski definition) is 2. The molecule has 1 aromatic carbocycles. The van der Waals surface area contributed by atoms with Gasteiger partial charge in [-0.1, -0.05) is 18.9 Å². The third kappa shape index (κ3) is 3.08. The average molecular weight is 302 g/mol. The van der Waals surface area contributed by atoms with Crippen LogP contribution in [0.1, 0.15) is 50.5 Å². The van der Waals surface area contributed by atoms with Crippen LogP contribution in [0.5, 0.6) is 0 Å². The molecule has 3 rings (SSSR count). The van der Waals surface area contributed by atoms with E-state index < -0.39 is 6.09 Å². The smallest absolute Gasteiger partial charge is 0.411 e. The number of carbonyl (C=O) groups excluding carboxylic acids is 2. The number of fused-ring (bicyclic) bond motifs is 1. The summed E-state index contributed by atoms with van der Waals surface area (Å²) in [7, 11) is 0. The predicted molar refractivity (Wildman–Crippen MR) is 85.0 cm³/mol. The minimum Gasteiger partial charge on any atom is -0.450 e. The number of hydrogen-bond acceptors (Lipinski definition) is 3. The molecule has 1 atom stereocenters. The number of ether oxygens (including phenoxy) is 1. The van der Waals surface area contributed by atoms with Crippen LogP contribution in [0.25, 0.3) is 0 Å². The molecule has 0 bridgehead atoms. The molecule has 1 fully saturated rings. The Morgan fingerprint density at radius 2 is 2.14 bits per heavy atom. The number of rotatable bonds is 3. The molecule has 1 aliphatic carbocycles. The third-order valence-electron chi connectivity index (χ3n) is 4.62. The summed E-state index contributed by atoms with van der Waals surface area (Å²) in [6.45, 7) is 2.09. The van der Waals surface area contributed by atoms with Gasteiger partial charge in [-0.15, -0.1) is 0 Å². The van der Waals surface area contributed by atoms with Crippen molar-refractivity contribution in [2.75, 3.05) is 17.2 Å². The molecule has 0 radical (unpaired) electrons. The second kappa shape index (κ2) is 6.38. The lowest BCUT2D eigenvalue weighted by Gasteiger charge is -2.30. The Kier molecular flexibility index (Phi) is 4.32. The van der Waals surface area contributed by atoms with Gasteiger partial charge in [0, 0.05) is 17.8 Å². The van der Waals surface area contributed by atoms with Crippen molar-refractivity contribution in [1.82, 2.24) is 0 Å². The summed E-state index contributed by atoms with van der Waals surface area (Å²) in [6.07, 6.45) is 5.04. The summed E-state index contributed by atoms with van der Waals surface area (Å²) in [4.78, 5) is 23.5. The van der Waals surface area contributed by atoms with Crippen molar-refractivity contribution in [3.05, 3.63) is 23.8 Å². The Morgan fingerprint density at radius 3 is 2.86 bits per heavy atom. The van der Waals surface area contributed by atoms with E-state index in [1.54, 1.807) is 6.92 Å². The molecule has 118 valence electrons. The van der Waals surface area contributed by atoms with Crippen molar-refractivity contribution >= 4 is 23.4 Å². The summed E-state index contributed by atoms with van der Waals surface area (Å²) in [6, 6.07) is 5.74. The van der Waals surface area contributed by atoms with E-state index in [0.717, 1.165) is 5.69 Å². The molecule has 2 amide bonds. The van der Waals surface area contributed by atoms with Crippen LogP contribution in [0.4, 0.5) is 16.2 Å². The quantitative estimate of drug-likeness (QED) is 0.890. The highest BCUT2D eigenvalue weighted by Gasteiger charge is 2.33. The van der Waals surface area contributed by atoms with Gasteiger partial charge in [0.1, 0.15) is 0 Å². The first-order chi connectivity index (χ1) is 10.7. The van der Waals surface area contributed by atoms with E-state index >= 15 is 0 Å². The van der Waals surface area contributed by atoms with Crippen molar-refractivity contribution in [2.45, 2.75) is 44.9 Å². The Morgan fingerprint density at radius 1 is 1.36 bits per heavy atom. The summed E-state index contributed by atoms with van der Waals surface area (Å²) < 4.78 is 4.88. The van der Waals surface area contributed by atoms with E-state index in [1.165, 1.54) is 31.2 Å². The minimum atomic E-state index is -0.475. The van der Waals surface area contributed by atoms with E-state index in [2.05, 4.69) is 10.6 Å². The molecule has 2 aliphatic rings. The van der Waals surface area contributed by atoms with Crippen LogP contribution < -0.4 is 10.6 Å². The Bertz CT molecular complexity index is 579. The van der Waals surface area contributed by atoms with Crippen molar-refractivity contribution in [1.29, 1.82) is 0 Å². The molecule has 2 N–H and O–H groups in total. The van der Waals surface area contributed by atoms with Gasteiger partial charge in [-0.25, -0.2) is 4.79 Å². The zero-order valence-corrected chi connectivity index (χ0v) is 12.9. The van der Waals surface area contributed by atoms with Crippen LogP contribution in [0.15, 0.2) is 18.2 Å². The number of anilines is 2. The van der Waals surface area contributed by atoms with Gasteiger partial charge in [0.25, 0.3) is 0 Å². The van der Waals surface area contributed by atoms with E-state index in [4.69, 9.17) is 4.74 Å². The molecule has 5 heteroatoms. The second-order valence-corrected chi connectivity index (χ2v) is 6.05. The predicted octanol–water partition coefficient (Wildman–Crippen LogP) is 3.87. The topological polar surface area (TPSA) is 67.4 Å². The molecular formula is C17H22N2O3. The molecule has 1 saturated carbocycles. The van der Waals surface area contributed by atoms with Crippen LogP contribution in [0.3, 0.4) is 0 Å². The molecule has 1 heterocycles. The van der Waals surface area contributed by atoms with Crippen LogP contribution in [0.2, 0.25) is 0 Å². The molecule has 0 spiro atoms. The fourth-order valence-corrected chi connectivity index (χ4v) is 3.64. The van der Waals surface area contributed by atoms with Gasteiger partial charge in [-0.05, 0) is 49.3 Å². The second-order valence-electron chi connectivity index (χ2n) is 6.05. The summed E-state index contributed by atoms with van der Waals surface area (Å²) in [5.41, 5.74) is 2.66. The fraction of sp³-hybridized carbons (Fsp3) is 0.529. The van der Waals surface area contributed by atoms with Gasteiger partial charge in [0.2, 0.25) is 5.91 Å². The highest BCUT2D eigenvalue weighted by molar-refractivity contribution is 5.96. The van der Waals surface area contributed by atoms with Crippen molar-refractivity contribution in [2.24, 2.45) is 5.92 Å². The minimum absolute atomic E-state index is 0.0673. The highest BCUT2D eigenvalue weighted by atomic mass is 16.5. The standard InChI is InChI=1S/C17H22N2O3/c1-2-22-17(21)18-12-7-8-13-14(11-5-3-4-6-11)10-16(20)19-15(13)9-12/h7-9,11,14H,2-6,10H2,1H3,(H,18,21)(H,19,20)/t14-/m0/s1. The maximum atomic E-state index is 12.0. The van der Waals surface area contributed by atoms with Crippen LogP contribution in [-0.4, -0.2) is 18.6 Å². The first kappa shape index (κ1) is 14.9. The van der Waals surface area contributed by atoms with Gasteiger partial charge >= 0.3 is 6.09 Å². The van der Waals surface area contributed by atoms with Crippen molar-refractivity contribution < 1.29 is 14.3 Å². The van der Waals surface area contributed by atoms with Crippen LogP contribution in [-0.2, 0) is 9.53 Å². The lowest BCUT2D eigenvalue weighted by Crippen LogP contribution is -2.26. The lowest BCUT2D eigenvalue weighted by atomic mass is 9.79. The van der Waals surface area contributed by atoms with Gasteiger partial charge in [0.05, 0.1) is 6.61 Å². The van der Waals surface area contributed by atoms with E-state index in [9.17, 15) is 9.59 Å². The normalized spacial score (nSPS) is 21.1. The van der Waals surface area contributed by atoms with Crippen molar-refractivity contribution in [3.63, 3.8) is 0 Å². The van der Waals surface area contributed by atoms with Gasteiger partial charge in [0.15, 0.2) is 0 Å². The van der Waals surface area contributed by atoms with Gasteiger partial charge in [-0.2, -0.15) is 0 Å². The number of carbonyl (C=O) groups is 2. The molecule has 5 nitrogen and oxygen atoms in total. The molecule has 1 aliphatic heterocycles. The highest BCUT2D eigenvalue weighted by Crippen LogP contribution is 2.44. The maximum absolute atomic E-state index is 12.0. The monoisotopic (exact) mass is 302 g/mol. The molecule has 0 unspecified atom stereocenters. The van der Waals surface area contributed by atoms with E-state index in [1.807, 2.05) is 18.2 Å². The molecule has 0 aromatic heterocycles. The Balaban J connectivity index is 1.82. The largest absolute Gasteiger partial charge is 0.450 e. The summed E-state index contributed by atoms with van der Waals surface area (Å²) >= 11 is 0. The number of benzene rings is 1. The Labute approximate surface area is 130 Å². The molecule has 22 heavy (non-hydrogen) atoms. The third-order valence-corrected chi connectivity index (χ3v) is 4.62. The lowest BCUT2D eigenvalue weighted by molar-refractivity contribution is -0.117. The van der Waals surface area contributed by atoms with Crippen molar-refractivity contribution in [3.8, 4) is 0 Å². The molecule has 1 aromatic rings. The maximum Gasteiger partial charge on any atom is 0.411 e. The number of amides is 2. The zero-order valence-electron chi connectivity index (χ0n) is 12.9. The van der Waals surface area contributed by atoms with Gasteiger partial charge in [-0.3, -0.25) is 10.1 Å². The Hall–Kier alpha value is -2.04. The SMILES string of the molecule is CCOC(=O)Nc1ccc2c(c1)NC(=O)C[C@H]2C1CCCC1. The van der Waals surface area contributed by atoms with Crippen LogP contribution in [0, 0.1) is 5.92 Å². The first-order valence-corrected chi connectivity index (χ1v) is 8.05. The van der Waals surface area contributed by atoms with E-state index in [0.29, 0.717) is 30.6 Å².